The van der Waals surface area contributed by atoms with E-state index in [0.717, 1.165) is 53.2 Å². The van der Waals surface area contributed by atoms with Crippen LogP contribution in [0.2, 0.25) is 0 Å². The summed E-state index contributed by atoms with van der Waals surface area (Å²) in [6, 6.07) is 31.0. The molecule has 0 spiro atoms. The van der Waals surface area contributed by atoms with Gasteiger partial charge < -0.3 is 44.4 Å². The number of carbonyl (C=O) groups excluding carboxylic acids is 9. The van der Waals surface area contributed by atoms with Crippen LogP contribution in [0.5, 0.6) is 0 Å². The summed E-state index contributed by atoms with van der Waals surface area (Å²) in [5.74, 6) is -6.23. The smallest absolute Gasteiger partial charge is 0.422 e. The number of aliphatic carboxylic acids is 1. The number of amides is 5. The van der Waals surface area contributed by atoms with Gasteiger partial charge in [0.1, 0.15) is 12.3 Å². The number of carboxylic acid groups (broad SMARTS) is 3. The molecule has 5 amide bonds. The summed E-state index contributed by atoms with van der Waals surface area (Å²) < 4.78 is 53.4. The molecule has 1 fully saturated rings. The van der Waals surface area contributed by atoms with Gasteiger partial charge in [0.25, 0.3) is 23.6 Å². The van der Waals surface area contributed by atoms with Gasteiger partial charge in [-0.2, -0.15) is 13.2 Å². The second-order valence-electron chi connectivity index (χ2n) is 23.1. The Balaban J connectivity index is 0. The Morgan fingerprint density at radius 2 is 0.991 bits per heavy atom. The van der Waals surface area contributed by atoms with Crippen LogP contribution in [0.15, 0.2) is 213 Å². The quantitative estimate of drug-likeness (QED) is 0.00551. The van der Waals surface area contributed by atoms with Gasteiger partial charge in [-0.1, -0.05) is 158 Å². The van der Waals surface area contributed by atoms with Gasteiger partial charge in [-0.3, -0.25) is 24.0 Å². The number of alkyl halides is 3. The highest BCUT2D eigenvalue weighted by Crippen LogP contribution is 2.39. The van der Waals surface area contributed by atoms with Gasteiger partial charge in [0.15, 0.2) is 6.61 Å². The van der Waals surface area contributed by atoms with E-state index in [1.807, 2.05) is 49.4 Å². The van der Waals surface area contributed by atoms with E-state index in [1.165, 1.54) is 86.9 Å². The molecule has 0 aromatic heterocycles. The predicted octanol–water partition coefficient (Wildman–Crippen LogP) is 15.0. The molecule has 1 saturated carbocycles. The minimum atomic E-state index is -4.47. The van der Waals surface area contributed by atoms with Gasteiger partial charge in [0, 0.05) is 53.2 Å². The number of esters is 3. The predicted molar refractivity (Wildman–Crippen MR) is 403 cm³/mol. The first-order valence-electron chi connectivity index (χ1n) is 33.1. The van der Waals surface area contributed by atoms with E-state index in [0.29, 0.717) is 47.0 Å². The van der Waals surface area contributed by atoms with Gasteiger partial charge in [0.2, 0.25) is 5.91 Å². The third-order valence-corrected chi connectivity index (χ3v) is 13.8. The number of aromatic carboxylic acids is 2. The van der Waals surface area contributed by atoms with Crippen LogP contribution in [-0.2, 0) is 71.7 Å². The number of nitrogens with zero attached hydrogens (tertiary/aromatic N) is 3. The number of unbranched alkanes of at least 4 members (excludes halogenated alkanes) is 1. The van der Waals surface area contributed by atoms with Crippen LogP contribution in [0.3, 0.4) is 0 Å². The first-order chi connectivity index (χ1) is 50.3. The second kappa shape index (κ2) is 53.7. The summed E-state index contributed by atoms with van der Waals surface area (Å²) in [7, 11) is 0. The maximum atomic E-state index is 11.5. The fourth-order valence-electron chi connectivity index (χ4n) is 7.56. The number of nitrogens with one attached hydrogen (secondary N) is 1. The minimum absolute atomic E-state index is 0.0470. The molecule has 24 nitrogen and oxygen atoms in total. The molecule has 0 atom stereocenters. The first-order valence-corrected chi connectivity index (χ1v) is 33.1. The Bertz CT molecular complexity index is 3710. The van der Waals surface area contributed by atoms with Crippen molar-refractivity contribution in [1.29, 1.82) is 0 Å². The van der Waals surface area contributed by atoms with Crippen molar-refractivity contribution < 1.29 is 110 Å². The standard InChI is InChI=1S/C12H19NO4.C12H20O2.C11H7NO4.C10H7NO2.C9H8O2.C8H15NO2.C8H8.C6H7F3O2.C4H6O2/c1-5-10(4)13-17-11(14)7-6-8-16-12(15)9(2)3;1-9(2)11(13)14-12(10(3)4)7-5-6-8-12;13-9-5-6-10(14)12(9)8-3-1-7(2-4-8)11(15)16;12-9-6-7-10(13)11(9)8-4-2-1-3-5-8;1-2-7-3-5-8(6-4-7)9(10)11;1-3-5-6-11-7-9-8(10)4-2;1-2-8-6-4-3-5-7-8;1-4(2)5(10)11-3-6(7,8)9;1-3(2)4(5)6/h2,5-8H2,1,3-4H3;10H,1,5-8H2,2-4H3;1-6H,(H,15,16);1-7H;2-6H,1H2,(H,10,11);4H,2-3,5-7H2,1H3,(H,9,10);2-7H,1H2;1,3H2,2H3;1H2,2H3,(H,5,6)/b13-10+;;;;;;;;. The SMILES string of the molecule is C=C(C)C(=O)O.C=C(C)C(=O)OC1(C(C)C)CCCC1.C=C(C)C(=O)OCC(F)(F)F.C=C(C)C(=O)OCCCC(=O)O/N=C(\C)CC.C=CC(=O)NCOCCCC.C=Cc1ccc(C(=O)O)cc1.C=Cc1ccccc1.O=C(O)c1ccc(N2C(=O)C=CC2=O)cc1.O=C1C=CC(=O)N1c1ccccc1. The Labute approximate surface area is 622 Å². The van der Waals surface area contributed by atoms with Crippen molar-refractivity contribution in [3.8, 4) is 0 Å². The van der Waals surface area contributed by atoms with Crippen LogP contribution in [0.4, 0.5) is 24.5 Å². The molecule has 578 valence electrons. The molecule has 0 saturated heterocycles. The maximum absolute atomic E-state index is 11.5. The van der Waals surface area contributed by atoms with E-state index in [9.17, 15) is 70.7 Å². The van der Waals surface area contributed by atoms with Crippen molar-refractivity contribution in [1.82, 2.24) is 5.32 Å². The number of anilines is 2. The molecule has 0 unspecified atom stereocenters. The summed E-state index contributed by atoms with van der Waals surface area (Å²) >= 11 is 0. The van der Waals surface area contributed by atoms with E-state index in [-0.39, 0.29) is 65.8 Å². The van der Waals surface area contributed by atoms with Crippen molar-refractivity contribution >= 4 is 101 Å². The number of para-hydroxylation sites is 1. The summed E-state index contributed by atoms with van der Waals surface area (Å²) in [5.41, 5.74) is 5.00. The molecule has 0 radical (unpaired) electrons. The summed E-state index contributed by atoms with van der Waals surface area (Å²) in [6.45, 7) is 39.5. The average Bonchev–Trinajstić information content (AvgIpc) is 1.73. The van der Waals surface area contributed by atoms with Gasteiger partial charge in [0.05, 0.1) is 41.2 Å². The first kappa shape index (κ1) is 97.1. The lowest BCUT2D eigenvalue weighted by Crippen LogP contribution is -2.37. The van der Waals surface area contributed by atoms with Crippen LogP contribution >= 0.6 is 0 Å². The van der Waals surface area contributed by atoms with E-state index >= 15 is 0 Å². The number of ether oxygens (including phenoxy) is 4. The zero-order chi connectivity index (χ0) is 81.8. The molecule has 107 heavy (non-hydrogen) atoms. The lowest BCUT2D eigenvalue weighted by molar-refractivity contribution is -0.183. The van der Waals surface area contributed by atoms with Crippen molar-refractivity contribution in [2.24, 2.45) is 11.1 Å². The fourth-order valence-corrected chi connectivity index (χ4v) is 7.56. The van der Waals surface area contributed by atoms with Crippen LogP contribution in [-0.4, -0.2) is 131 Å². The van der Waals surface area contributed by atoms with Crippen LogP contribution in [0.25, 0.3) is 12.2 Å². The van der Waals surface area contributed by atoms with E-state index in [4.69, 9.17) is 29.5 Å². The zero-order valence-corrected chi connectivity index (χ0v) is 61.9. The Morgan fingerprint density at radius 1 is 0.579 bits per heavy atom. The normalized spacial score (nSPS) is 12.4. The minimum Gasteiger partial charge on any atom is -0.478 e. The van der Waals surface area contributed by atoms with Gasteiger partial charge in [-0.15, -0.1) is 0 Å². The topological polar surface area (TPSA) is 343 Å². The van der Waals surface area contributed by atoms with Crippen LogP contribution in [0, 0.1) is 5.92 Å². The molecule has 3 aliphatic rings. The highest BCUT2D eigenvalue weighted by molar-refractivity contribution is 6.28. The van der Waals surface area contributed by atoms with Crippen molar-refractivity contribution in [3.05, 3.63) is 230 Å². The Hall–Kier alpha value is -12.0. The number of carbonyl (C=O) groups is 12. The molecule has 4 aromatic rings. The Kier molecular flexibility index (Phi) is 48.7. The fraction of sp³-hybridized carbons (Fsp3) is 0.312. The molecule has 2 aliphatic heterocycles. The van der Waals surface area contributed by atoms with Crippen LogP contribution in [0.1, 0.15) is 152 Å². The van der Waals surface area contributed by atoms with Crippen molar-refractivity contribution in [3.63, 3.8) is 0 Å². The number of imide groups is 2. The third-order valence-electron chi connectivity index (χ3n) is 13.8. The molecule has 27 heteroatoms. The summed E-state index contributed by atoms with van der Waals surface area (Å²) in [4.78, 5) is 137. The highest BCUT2D eigenvalue weighted by Gasteiger charge is 2.40. The Morgan fingerprint density at radius 3 is 1.36 bits per heavy atom. The van der Waals surface area contributed by atoms with E-state index in [2.05, 4.69) is 86.9 Å². The molecule has 7 rings (SSSR count). The lowest BCUT2D eigenvalue weighted by Gasteiger charge is -2.33. The maximum Gasteiger partial charge on any atom is 0.422 e. The lowest BCUT2D eigenvalue weighted by atomic mass is 9.88. The molecule has 2 heterocycles. The zero-order valence-electron chi connectivity index (χ0n) is 61.9. The largest absolute Gasteiger partial charge is 0.478 e. The number of rotatable bonds is 25. The molecular weight excluding hydrogens is 1390 g/mol. The summed E-state index contributed by atoms with van der Waals surface area (Å²) in [6.07, 6.45) is 13.0. The number of oxime groups is 1. The van der Waals surface area contributed by atoms with Crippen LogP contribution < -0.4 is 15.1 Å². The van der Waals surface area contributed by atoms with Gasteiger partial charge in [-0.05, 0) is 151 Å². The molecular formula is C80H97F3N4O20. The number of halogens is 3. The highest BCUT2D eigenvalue weighted by atomic mass is 19.4. The average molecular weight is 1490 g/mol. The molecule has 1 aliphatic carbocycles. The number of hydrogen-bond acceptors (Lipinski definition) is 18. The van der Waals surface area contributed by atoms with Crippen molar-refractivity contribution in [2.75, 3.05) is 36.4 Å². The van der Waals surface area contributed by atoms with Gasteiger partial charge >= 0.3 is 48.0 Å². The van der Waals surface area contributed by atoms with E-state index < -0.39 is 60.4 Å². The molecule has 4 aromatic carbocycles. The number of hydrogen-bond donors (Lipinski definition) is 4. The number of benzene rings is 4. The van der Waals surface area contributed by atoms with Gasteiger partial charge in [-0.25, -0.2) is 43.4 Å². The van der Waals surface area contributed by atoms with Crippen molar-refractivity contribution in [2.45, 2.75) is 132 Å². The summed E-state index contributed by atoms with van der Waals surface area (Å²) in [5, 5.41) is 31.2. The number of carboxylic acids is 3. The monoisotopic (exact) mass is 1490 g/mol. The van der Waals surface area contributed by atoms with E-state index in [1.54, 1.807) is 75.4 Å². The third kappa shape index (κ3) is 43.7. The molecule has 4 N–H and O–H groups in total. The molecule has 0 bridgehead atoms. The second-order valence-corrected chi connectivity index (χ2v) is 23.1.